The number of nitrogens with zero attached hydrogens (tertiary/aromatic N) is 3. The zero-order valence-corrected chi connectivity index (χ0v) is 13.1. The number of rotatable bonds is 4. The van der Waals surface area contributed by atoms with Gasteiger partial charge in [0.15, 0.2) is 5.82 Å². The molecule has 2 aromatic rings. The number of imidazole rings is 1. The Morgan fingerprint density at radius 3 is 2.80 bits per heavy atom. The van der Waals surface area contributed by atoms with Gasteiger partial charge in [0.05, 0.1) is 5.69 Å². The smallest absolute Gasteiger partial charge is 0.155 e. The highest BCUT2D eigenvalue weighted by Crippen LogP contribution is 2.34. The molecule has 6 heteroatoms. The van der Waals surface area contributed by atoms with Crippen molar-refractivity contribution in [3.63, 3.8) is 0 Å². The standard InChI is InChI=1S/C14H16ClN3OS/c1-9(2)13-14(18(3)12(17-13)8-16-19)20-11-6-4-5-10(15)7-11/h4-9,19H,1-3H3/b16-8+. The molecule has 20 heavy (non-hydrogen) atoms. The highest BCUT2D eigenvalue weighted by Gasteiger charge is 2.17. The van der Waals surface area contributed by atoms with Crippen LogP contribution in [-0.4, -0.2) is 21.0 Å². The molecule has 0 fully saturated rings. The second kappa shape index (κ2) is 6.33. The molecule has 4 nitrogen and oxygen atoms in total. The first kappa shape index (κ1) is 14.9. The summed E-state index contributed by atoms with van der Waals surface area (Å²) in [5.74, 6) is 0.907. The Kier molecular flexibility index (Phi) is 4.73. The van der Waals surface area contributed by atoms with Crippen LogP contribution in [0.15, 0.2) is 39.3 Å². The summed E-state index contributed by atoms with van der Waals surface area (Å²) in [5, 5.41) is 13.5. The van der Waals surface area contributed by atoms with Crippen molar-refractivity contribution in [1.29, 1.82) is 0 Å². The molecular weight excluding hydrogens is 294 g/mol. The largest absolute Gasteiger partial charge is 0.411 e. The SMILES string of the molecule is CC(C)c1nc(/C=N/O)n(C)c1Sc1cccc(Cl)c1. The van der Waals surface area contributed by atoms with Crippen molar-refractivity contribution in [3.8, 4) is 0 Å². The summed E-state index contributed by atoms with van der Waals surface area (Å²) in [6, 6.07) is 7.70. The van der Waals surface area contributed by atoms with Crippen LogP contribution in [0.1, 0.15) is 31.3 Å². The number of hydrogen-bond acceptors (Lipinski definition) is 4. The Labute approximate surface area is 127 Å². The summed E-state index contributed by atoms with van der Waals surface area (Å²) in [5.41, 5.74) is 0.979. The van der Waals surface area contributed by atoms with Crippen molar-refractivity contribution >= 4 is 29.6 Å². The fourth-order valence-electron chi connectivity index (χ4n) is 1.83. The third-order valence-corrected chi connectivity index (χ3v) is 4.23. The minimum absolute atomic E-state index is 0.281. The zero-order valence-electron chi connectivity index (χ0n) is 11.5. The maximum atomic E-state index is 8.70. The van der Waals surface area contributed by atoms with Crippen molar-refractivity contribution in [2.24, 2.45) is 12.2 Å². The van der Waals surface area contributed by atoms with Gasteiger partial charge in [-0.2, -0.15) is 0 Å². The van der Waals surface area contributed by atoms with Gasteiger partial charge in [0, 0.05) is 17.0 Å². The van der Waals surface area contributed by atoms with Crippen LogP contribution in [0.4, 0.5) is 0 Å². The van der Waals surface area contributed by atoms with E-state index < -0.39 is 0 Å². The van der Waals surface area contributed by atoms with Crippen LogP contribution >= 0.6 is 23.4 Å². The molecule has 2 rings (SSSR count). The molecule has 106 valence electrons. The first-order chi connectivity index (χ1) is 9.52. The van der Waals surface area contributed by atoms with Crippen molar-refractivity contribution in [2.75, 3.05) is 0 Å². The van der Waals surface area contributed by atoms with Gasteiger partial charge < -0.3 is 9.77 Å². The van der Waals surface area contributed by atoms with E-state index in [1.165, 1.54) is 6.21 Å². The van der Waals surface area contributed by atoms with Gasteiger partial charge in [-0.25, -0.2) is 4.98 Å². The Balaban J connectivity index is 2.44. The summed E-state index contributed by atoms with van der Waals surface area (Å²) in [7, 11) is 1.91. The molecule has 0 atom stereocenters. The van der Waals surface area contributed by atoms with Crippen molar-refractivity contribution in [2.45, 2.75) is 29.7 Å². The minimum Gasteiger partial charge on any atom is -0.411 e. The Hall–Kier alpha value is -1.46. The lowest BCUT2D eigenvalue weighted by molar-refractivity contribution is 0.321. The molecule has 0 amide bonds. The average Bonchev–Trinajstić information content (AvgIpc) is 2.69. The molecule has 0 aliphatic carbocycles. The van der Waals surface area contributed by atoms with E-state index in [4.69, 9.17) is 16.8 Å². The first-order valence-corrected chi connectivity index (χ1v) is 7.39. The Morgan fingerprint density at radius 1 is 1.45 bits per heavy atom. The van der Waals surface area contributed by atoms with Crippen molar-refractivity contribution in [3.05, 3.63) is 40.8 Å². The molecule has 1 aromatic heterocycles. The third kappa shape index (κ3) is 3.16. The number of halogens is 1. The number of hydrogen-bond donors (Lipinski definition) is 1. The second-order valence-electron chi connectivity index (χ2n) is 4.68. The number of oxime groups is 1. The van der Waals surface area contributed by atoms with Crippen LogP contribution in [0.3, 0.4) is 0 Å². The maximum absolute atomic E-state index is 8.70. The van der Waals surface area contributed by atoms with Crippen LogP contribution in [0.5, 0.6) is 0 Å². The molecule has 0 spiro atoms. The number of benzene rings is 1. The molecule has 1 aromatic carbocycles. The first-order valence-electron chi connectivity index (χ1n) is 6.20. The van der Waals surface area contributed by atoms with Crippen LogP contribution in [0.2, 0.25) is 5.02 Å². The van der Waals surface area contributed by atoms with Gasteiger partial charge in [-0.15, -0.1) is 0 Å². The predicted molar refractivity (Wildman–Crippen MR) is 82.3 cm³/mol. The summed E-state index contributed by atoms with van der Waals surface area (Å²) < 4.78 is 1.92. The van der Waals surface area contributed by atoms with Crippen LogP contribution in [0, 0.1) is 0 Å². The molecule has 0 aliphatic rings. The van der Waals surface area contributed by atoms with Crippen LogP contribution in [-0.2, 0) is 7.05 Å². The second-order valence-corrected chi connectivity index (χ2v) is 6.18. The zero-order chi connectivity index (χ0) is 14.7. The van der Waals surface area contributed by atoms with Gasteiger partial charge >= 0.3 is 0 Å². The molecule has 0 bridgehead atoms. The highest BCUT2D eigenvalue weighted by atomic mass is 35.5. The van der Waals surface area contributed by atoms with Gasteiger partial charge in [0.2, 0.25) is 0 Å². The van der Waals surface area contributed by atoms with Crippen molar-refractivity contribution < 1.29 is 5.21 Å². The van der Waals surface area contributed by atoms with Gasteiger partial charge in [0.1, 0.15) is 11.2 Å². The molecule has 0 saturated carbocycles. The van der Waals surface area contributed by atoms with Crippen molar-refractivity contribution in [1.82, 2.24) is 9.55 Å². The quantitative estimate of drug-likeness (QED) is 0.524. The molecule has 1 heterocycles. The lowest BCUT2D eigenvalue weighted by Gasteiger charge is -2.08. The van der Waals surface area contributed by atoms with E-state index in [0.717, 1.165) is 15.6 Å². The lowest BCUT2D eigenvalue weighted by atomic mass is 10.2. The number of aromatic nitrogens is 2. The summed E-state index contributed by atoms with van der Waals surface area (Å²) in [4.78, 5) is 5.57. The molecule has 1 N–H and O–H groups in total. The van der Waals surface area contributed by atoms with Gasteiger partial charge in [-0.3, -0.25) is 0 Å². The molecular formula is C14H16ClN3OS. The van der Waals surface area contributed by atoms with E-state index in [-0.39, 0.29) is 5.92 Å². The average molecular weight is 310 g/mol. The van der Waals surface area contributed by atoms with Crippen LogP contribution < -0.4 is 0 Å². The van der Waals surface area contributed by atoms with E-state index in [9.17, 15) is 0 Å². The van der Waals surface area contributed by atoms with E-state index in [0.29, 0.717) is 10.8 Å². The highest BCUT2D eigenvalue weighted by molar-refractivity contribution is 7.99. The molecule has 0 radical (unpaired) electrons. The van der Waals surface area contributed by atoms with E-state index >= 15 is 0 Å². The summed E-state index contributed by atoms with van der Waals surface area (Å²) in [6.07, 6.45) is 1.34. The predicted octanol–water partition coefficient (Wildman–Crippen LogP) is 4.16. The molecule has 0 unspecified atom stereocenters. The van der Waals surface area contributed by atoms with E-state index in [2.05, 4.69) is 24.0 Å². The van der Waals surface area contributed by atoms with Gasteiger partial charge in [-0.1, -0.05) is 48.4 Å². The summed E-state index contributed by atoms with van der Waals surface area (Å²) >= 11 is 7.62. The topological polar surface area (TPSA) is 50.4 Å². The third-order valence-electron chi connectivity index (χ3n) is 2.83. The molecule has 0 saturated heterocycles. The minimum atomic E-state index is 0.281. The van der Waals surface area contributed by atoms with Crippen LogP contribution in [0.25, 0.3) is 0 Å². The Bertz CT molecular complexity index is 637. The fraction of sp³-hybridized carbons (Fsp3) is 0.286. The lowest BCUT2D eigenvalue weighted by Crippen LogP contribution is -1.97. The van der Waals surface area contributed by atoms with E-state index in [1.54, 1.807) is 11.8 Å². The van der Waals surface area contributed by atoms with Gasteiger partial charge in [0.25, 0.3) is 0 Å². The molecule has 0 aliphatic heterocycles. The Morgan fingerprint density at radius 2 is 2.20 bits per heavy atom. The summed E-state index contributed by atoms with van der Waals surface area (Å²) in [6.45, 7) is 4.18. The monoisotopic (exact) mass is 309 g/mol. The fourth-order valence-corrected chi connectivity index (χ4v) is 3.26. The van der Waals surface area contributed by atoms with E-state index in [1.807, 2.05) is 35.9 Å². The maximum Gasteiger partial charge on any atom is 0.155 e. The van der Waals surface area contributed by atoms with Gasteiger partial charge in [-0.05, 0) is 24.1 Å². The normalized spacial score (nSPS) is 11.7.